The Labute approximate surface area is 122 Å². The highest BCUT2D eigenvalue weighted by atomic mass is 32.2. The van der Waals surface area contributed by atoms with Gasteiger partial charge in [-0.25, -0.2) is 8.42 Å². The Kier molecular flexibility index (Phi) is 4.56. The van der Waals surface area contributed by atoms with Crippen molar-refractivity contribution in [3.63, 3.8) is 0 Å². The van der Waals surface area contributed by atoms with Crippen LogP contribution in [0.4, 0.5) is 5.69 Å². The molecule has 0 heterocycles. The normalized spacial score (nSPS) is 10.9. The molecule has 0 aromatic heterocycles. The van der Waals surface area contributed by atoms with Gasteiger partial charge < -0.3 is 14.6 Å². The van der Waals surface area contributed by atoms with Gasteiger partial charge in [-0.05, 0) is 36.4 Å². The van der Waals surface area contributed by atoms with E-state index in [4.69, 9.17) is 4.74 Å². The van der Waals surface area contributed by atoms with Gasteiger partial charge in [-0.2, -0.15) is 0 Å². The lowest BCUT2D eigenvalue weighted by Crippen LogP contribution is -2.20. The zero-order valence-electron chi connectivity index (χ0n) is 10.9. The highest BCUT2D eigenvalue weighted by Crippen LogP contribution is 2.15. The summed E-state index contributed by atoms with van der Waals surface area (Å²) < 4.78 is 37.5. The third kappa shape index (κ3) is 4.59. The van der Waals surface area contributed by atoms with E-state index in [9.17, 15) is 17.8 Å². The van der Waals surface area contributed by atoms with Crippen molar-refractivity contribution >= 4 is 21.7 Å². The number of rotatable bonds is 5. The van der Waals surface area contributed by atoms with Crippen molar-refractivity contribution in [3.8, 4) is 5.75 Å². The molecule has 1 N–H and O–H groups in total. The van der Waals surface area contributed by atoms with Crippen molar-refractivity contribution in [2.24, 2.45) is 0 Å². The molecule has 0 aliphatic carbocycles. The Morgan fingerprint density at radius 1 is 1.05 bits per heavy atom. The predicted octanol–water partition coefficient (Wildman–Crippen LogP) is 1.61. The van der Waals surface area contributed by atoms with Crippen molar-refractivity contribution in [2.45, 2.75) is 4.90 Å². The monoisotopic (exact) mass is 306 g/mol. The maximum Gasteiger partial charge on any atom is 0.262 e. The Hall–Kier alpha value is -2.38. The van der Waals surface area contributed by atoms with E-state index in [1.807, 2.05) is 6.07 Å². The summed E-state index contributed by atoms with van der Waals surface area (Å²) in [5.41, 5.74) is 0.652. The van der Waals surface area contributed by atoms with Gasteiger partial charge in [-0.3, -0.25) is 4.79 Å². The first-order valence-electron chi connectivity index (χ1n) is 5.99. The molecule has 6 nitrogen and oxygen atoms in total. The summed E-state index contributed by atoms with van der Waals surface area (Å²) in [6.45, 7) is -0.224. The van der Waals surface area contributed by atoms with Gasteiger partial charge in [0.25, 0.3) is 5.91 Å². The fourth-order valence-corrected chi connectivity index (χ4v) is 2.04. The van der Waals surface area contributed by atoms with Gasteiger partial charge in [-0.15, -0.1) is 0 Å². The molecule has 0 atom stereocenters. The predicted molar refractivity (Wildman–Crippen MR) is 75.0 cm³/mol. The summed E-state index contributed by atoms with van der Waals surface area (Å²) in [5.74, 6) is -0.0488. The number of amides is 1. The molecule has 7 heteroatoms. The van der Waals surface area contributed by atoms with Crippen LogP contribution in [0.2, 0.25) is 0 Å². The highest BCUT2D eigenvalue weighted by Gasteiger charge is 2.05. The van der Waals surface area contributed by atoms with E-state index in [1.54, 1.807) is 24.3 Å². The van der Waals surface area contributed by atoms with Crippen molar-refractivity contribution in [1.29, 1.82) is 0 Å². The molecule has 2 aromatic rings. The minimum Gasteiger partial charge on any atom is -0.744 e. The number of anilines is 1. The number of hydrogen-bond acceptors (Lipinski definition) is 5. The number of carbonyl (C=O) groups is 1. The molecule has 2 rings (SSSR count). The summed E-state index contributed by atoms with van der Waals surface area (Å²) in [5, 5.41) is 2.64. The maximum atomic E-state index is 11.6. The minimum absolute atomic E-state index is 0.224. The van der Waals surface area contributed by atoms with Gasteiger partial charge >= 0.3 is 0 Å². The summed E-state index contributed by atoms with van der Waals surface area (Å²) in [7, 11) is -4.48. The topological polar surface area (TPSA) is 95.5 Å². The number of hydrogen-bond donors (Lipinski definition) is 1. The number of ether oxygens (including phenoxy) is 1. The van der Waals surface area contributed by atoms with Crippen LogP contribution in [0.25, 0.3) is 0 Å². The van der Waals surface area contributed by atoms with Crippen LogP contribution in [0.5, 0.6) is 5.75 Å². The summed E-state index contributed by atoms with van der Waals surface area (Å²) in [4.78, 5) is 11.3. The highest BCUT2D eigenvalue weighted by molar-refractivity contribution is 7.85. The molecule has 0 aliphatic rings. The molecule has 0 unspecified atom stereocenters. The second-order valence-electron chi connectivity index (χ2n) is 4.13. The molecule has 0 saturated heterocycles. The number of carbonyl (C=O) groups excluding carboxylic acids is 1. The van der Waals surface area contributed by atoms with Gasteiger partial charge in [0, 0.05) is 5.69 Å². The molecule has 0 bridgehead atoms. The van der Waals surface area contributed by atoms with Crippen LogP contribution >= 0.6 is 0 Å². The van der Waals surface area contributed by atoms with E-state index < -0.39 is 10.1 Å². The fourth-order valence-electron chi connectivity index (χ4n) is 1.57. The van der Waals surface area contributed by atoms with Crippen molar-refractivity contribution in [1.82, 2.24) is 0 Å². The first-order valence-corrected chi connectivity index (χ1v) is 7.39. The maximum absolute atomic E-state index is 11.6. The Morgan fingerprint density at radius 2 is 1.67 bits per heavy atom. The first kappa shape index (κ1) is 15.0. The van der Waals surface area contributed by atoms with Gasteiger partial charge in [0.1, 0.15) is 15.9 Å². The Balaban J connectivity index is 1.90. The van der Waals surface area contributed by atoms with Gasteiger partial charge in [0.05, 0.1) is 4.90 Å². The smallest absolute Gasteiger partial charge is 0.262 e. The molecule has 2 aromatic carbocycles. The van der Waals surface area contributed by atoms with Crippen LogP contribution in [0.1, 0.15) is 0 Å². The SMILES string of the molecule is O=C(COc1ccc(S(=O)(=O)[O-])cc1)Nc1ccccc1. The number of nitrogens with one attached hydrogen (secondary N) is 1. The summed E-state index contributed by atoms with van der Waals surface area (Å²) in [6, 6.07) is 13.8. The third-order valence-corrected chi connectivity index (χ3v) is 3.39. The average molecular weight is 306 g/mol. The Morgan fingerprint density at radius 3 is 2.24 bits per heavy atom. The second kappa shape index (κ2) is 6.38. The quantitative estimate of drug-likeness (QED) is 0.847. The lowest BCUT2D eigenvalue weighted by atomic mass is 10.3. The van der Waals surface area contributed by atoms with E-state index in [2.05, 4.69) is 5.32 Å². The zero-order valence-corrected chi connectivity index (χ0v) is 11.7. The van der Waals surface area contributed by atoms with Crippen molar-refractivity contribution in [2.75, 3.05) is 11.9 Å². The molecular weight excluding hydrogens is 294 g/mol. The molecular formula is C14H12NO5S-. The minimum atomic E-state index is -4.48. The summed E-state index contributed by atoms with van der Waals surface area (Å²) >= 11 is 0. The van der Waals surface area contributed by atoms with Crippen molar-refractivity contribution < 1.29 is 22.5 Å². The van der Waals surface area contributed by atoms with Crippen LogP contribution in [0, 0.1) is 0 Å². The van der Waals surface area contributed by atoms with Crippen LogP contribution in [-0.2, 0) is 14.9 Å². The standard InChI is InChI=1S/C14H13NO5S/c16-14(15-11-4-2-1-3-5-11)10-20-12-6-8-13(9-7-12)21(17,18)19/h1-9H,10H2,(H,15,16)(H,17,18,19)/p-1. The van der Waals surface area contributed by atoms with E-state index in [0.29, 0.717) is 11.4 Å². The number of benzene rings is 2. The average Bonchev–Trinajstić information content (AvgIpc) is 2.46. The van der Waals surface area contributed by atoms with Crippen LogP contribution in [0.3, 0.4) is 0 Å². The van der Waals surface area contributed by atoms with Gasteiger partial charge in [0.15, 0.2) is 6.61 Å². The largest absolute Gasteiger partial charge is 0.744 e. The second-order valence-corrected chi connectivity index (χ2v) is 5.51. The van der Waals surface area contributed by atoms with Crippen LogP contribution in [0.15, 0.2) is 59.5 Å². The molecule has 21 heavy (non-hydrogen) atoms. The molecule has 1 amide bonds. The van der Waals surface area contributed by atoms with Crippen LogP contribution < -0.4 is 10.1 Å². The Bertz CT molecular complexity index is 711. The molecule has 0 fully saturated rings. The molecule has 0 saturated carbocycles. The van der Waals surface area contributed by atoms with Crippen LogP contribution in [-0.4, -0.2) is 25.5 Å². The van der Waals surface area contributed by atoms with E-state index >= 15 is 0 Å². The lowest BCUT2D eigenvalue weighted by Gasteiger charge is -2.09. The van der Waals surface area contributed by atoms with E-state index in [0.717, 1.165) is 12.1 Å². The summed E-state index contributed by atoms with van der Waals surface area (Å²) in [6.07, 6.45) is 0. The molecule has 0 radical (unpaired) electrons. The zero-order chi connectivity index (χ0) is 15.3. The first-order chi connectivity index (χ1) is 9.95. The fraction of sp³-hybridized carbons (Fsp3) is 0.0714. The lowest BCUT2D eigenvalue weighted by molar-refractivity contribution is -0.118. The van der Waals surface area contributed by atoms with Gasteiger partial charge in [0.2, 0.25) is 0 Å². The van der Waals surface area contributed by atoms with E-state index in [-0.39, 0.29) is 17.4 Å². The molecule has 0 aliphatic heterocycles. The van der Waals surface area contributed by atoms with Gasteiger partial charge in [-0.1, -0.05) is 18.2 Å². The van der Waals surface area contributed by atoms with Crippen molar-refractivity contribution in [3.05, 3.63) is 54.6 Å². The number of para-hydroxylation sites is 1. The molecule has 110 valence electrons. The molecule has 0 spiro atoms. The van der Waals surface area contributed by atoms with E-state index in [1.165, 1.54) is 12.1 Å². The third-order valence-electron chi connectivity index (χ3n) is 2.54.